The summed E-state index contributed by atoms with van der Waals surface area (Å²) < 4.78 is 15.0. The van der Waals surface area contributed by atoms with E-state index >= 15 is 0 Å². The summed E-state index contributed by atoms with van der Waals surface area (Å²) >= 11 is 0. The summed E-state index contributed by atoms with van der Waals surface area (Å²) in [5, 5.41) is 4.11. The van der Waals surface area contributed by atoms with Crippen LogP contribution in [0.2, 0.25) is 0 Å². The maximum absolute atomic E-state index is 13.3. The molecule has 0 fully saturated rings. The molecule has 0 aliphatic rings. The van der Waals surface area contributed by atoms with Crippen molar-refractivity contribution < 1.29 is 4.39 Å². The molecule has 0 radical (unpaired) electrons. The van der Waals surface area contributed by atoms with Crippen molar-refractivity contribution in [2.45, 2.75) is 19.4 Å². The van der Waals surface area contributed by atoms with Crippen molar-refractivity contribution in [3.8, 4) is 0 Å². The van der Waals surface area contributed by atoms with Gasteiger partial charge in [0.05, 0.1) is 11.7 Å². The second-order valence-electron chi connectivity index (χ2n) is 4.37. The normalized spacial score (nSPS) is 12.7. The van der Waals surface area contributed by atoms with Crippen LogP contribution >= 0.6 is 0 Å². The van der Waals surface area contributed by atoms with Gasteiger partial charge in [0.1, 0.15) is 5.82 Å². The van der Waals surface area contributed by atoms with Crippen LogP contribution in [0.3, 0.4) is 0 Å². The molecule has 1 atom stereocenters. The molecule has 0 spiro atoms. The van der Waals surface area contributed by atoms with Gasteiger partial charge in [-0.1, -0.05) is 6.07 Å². The fourth-order valence-corrected chi connectivity index (χ4v) is 2.05. The number of nitrogens with zero attached hydrogens (tertiary/aromatic N) is 2. The molecule has 5 heteroatoms. The Balaban J connectivity index is 2.26. The number of hydrogen-bond acceptors (Lipinski definition) is 3. The Morgan fingerprint density at radius 3 is 2.83 bits per heavy atom. The molecule has 0 aliphatic carbocycles. The maximum atomic E-state index is 13.3. The van der Waals surface area contributed by atoms with E-state index in [2.05, 4.69) is 10.5 Å². The van der Waals surface area contributed by atoms with Gasteiger partial charge >= 0.3 is 0 Å². The minimum absolute atomic E-state index is 0.0852. The van der Waals surface area contributed by atoms with Gasteiger partial charge in [-0.2, -0.15) is 5.10 Å². The first kappa shape index (κ1) is 12.7. The van der Waals surface area contributed by atoms with Crippen molar-refractivity contribution in [2.24, 2.45) is 12.9 Å². The van der Waals surface area contributed by atoms with Crippen molar-refractivity contribution in [3.63, 3.8) is 0 Å². The van der Waals surface area contributed by atoms with Crippen LogP contribution in [0.15, 0.2) is 30.5 Å². The van der Waals surface area contributed by atoms with E-state index in [0.29, 0.717) is 6.42 Å². The van der Waals surface area contributed by atoms with E-state index in [1.807, 2.05) is 20.0 Å². The first-order chi connectivity index (χ1) is 8.61. The Bertz CT molecular complexity index is 536. The summed E-state index contributed by atoms with van der Waals surface area (Å²) in [6, 6.07) is 6.61. The summed E-state index contributed by atoms with van der Waals surface area (Å²) in [6.07, 6.45) is 2.34. The summed E-state index contributed by atoms with van der Waals surface area (Å²) in [5.74, 6) is 5.36. The van der Waals surface area contributed by atoms with Gasteiger partial charge in [-0.3, -0.25) is 16.0 Å². The molecule has 4 nitrogen and oxygen atoms in total. The van der Waals surface area contributed by atoms with Crippen LogP contribution in [0.4, 0.5) is 4.39 Å². The third-order valence-corrected chi connectivity index (χ3v) is 3.15. The maximum Gasteiger partial charge on any atom is 0.123 e. The highest BCUT2D eigenvalue weighted by Gasteiger charge is 2.15. The van der Waals surface area contributed by atoms with Crippen LogP contribution in [0.5, 0.6) is 0 Å². The van der Waals surface area contributed by atoms with E-state index in [-0.39, 0.29) is 11.9 Å². The first-order valence-corrected chi connectivity index (χ1v) is 5.81. The molecular formula is C13H17FN4. The van der Waals surface area contributed by atoms with E-state index in [1.54, 1.807) is 23.0 Å². The molecule has 96 valence electrons. The zero-order valence-electron chi connectivity index (χ0n) is 10.5. The van der Waals surface area contributed by atoms with Crippen LogP contribution in [-0.2, 0) is 13.5 Å². The molecule has 1 unspecified atom stereocenters. The Morgan fingerprint density at radius 2 is 2.22 bits per heavy atom. The van der Waals surface area contributed by atoms with Gasteiger partial charge in [-0.25, -0.2) is 4.39 Å². The third-order valence-electron chi connectivity index (χ3n) is 3.15. The van der Waals surface area contributed by atoms with Crippen LogP contribution in [-0.4, -0.2) is 9.78 Å². The number of rotatable bonds is 4. The number of halogens is 1. The Labute approximate surface area is 106 Å². The minimum Gasteiger partial charge on any atom is -0.271 e. The number of aromatic nitrogens is 2. The molecule has 2 rings (SSSR count). The molecule has 3 N–H and O–H groups in total. The number of benzene rings is 1. The average molecular weight is 248 g/mol. The van der Waals surface area contributed by atoms with Crippen molar-refractivity contribution in [1.82, 2.24) is 15.2 Å². The number of nitrogens with two attached hydrogens (primary N) is 1. The van der Waals surface area contributed by atoms with Crippen LogP contribution in [0, 0.1) is 12.7 Å². The van der Waals surface area contributed by atoms with Crippen molar-refractivity contribution in [3.05, 3.63) is 53.1 Å². The van der Waals surface area contributed by atoms with E-state index in [0.717, 1.165) is 16.8 Å². The first-order valence-electron chi connectivity index (χ1n) is 5.81. The lowest BCUT2D eigenvalue weighted by Gasteiger charge is -2.17. The summed E-state index contributed by atoms with van der Waals surface area (Å²) in [6.45, 7) is 1.96. The van der Waals surface area contributed by atoms with Gasteiger partial charge in [-0.15, -0.1) is 0 Å². The lowest BCUT2D eigenvalue weighted by Crippen LogP contribution is -2.31. The molecule has 18 heavy (non-hydrogen) atoms. The molecule has 0 saturated heterocycles. The molecule has 1 aromatic heterocycles. The predicted molar refractivity (Wildman–Crippen MR) is 68.1 cm³/mol. The Hall–Kier alpha value is -1.72. The van der Waals surface area contributed by atoms with Crippen molar-refractivity contribution in [2.75, 3.05) is 0 Å². The summed E-state index contributed by atoms with van der Waals surface area (Å²) in [5.41, 5.74) is 5.73. The summed E-state index contributed by atoms with van der Waals surface area (Å²) in [7, 11) is 1.86. The Kier molecular flexibility index (Phi) is 3.74. The SMILES string of the molecule is Cc1ccc(F)cc1CC(NN)c1ccnn1C. The van der Waals surface area contributed by atoms with Gasteiger partial charge in [0.25, 0.3) is 0 Å². The van der Waals surface area contributed by atoms with E-state index in [1.165, 1.54) is 6.07 Å². The van der Waals surface area contributed by atoms with E-state index in [9.17, 15) is 4.39 Å². The highest BCUT2D eigenvalue weighted by Crippen LogP contribution is 2.20. The number of hydrogen-bond donors (Lipinski definition) is 2. The standard InChI is InChI=1S/C13H17FN4/c1-9-3-4-11(14)7-10(9)8-12(17-15)13-5-6-16-18(13)2/h3-7,12,17H,8,15H2,1-2H3. The second-order valence-corrected chi connectivity index (χ2v) is 4.37. The van der Waals surface area contributed by atoms with Gasteiger partial charge in [0.2, 0.25) is 0 Å². The second kappa shape index (κ2) is 5.29. The predicted octanol–water partition coefficient (Wildman–Crippen LogP) is 1.61. The van der Waals surface area contributed by atoms with Crippen molar-refractivity contribution >= 4 is 0 Å². The van der Waals surface area contributed by atoms with E-state index < -0.39 is 0 Å². The number of nitrogens with one attached hydrogen (secondary N) is 1. The smallest absolute Gasteiger partial charge is 0.123 e. The molecular weight excluding hydrogens is 231 g/mol. The number of hydrazine groups is 1. The molecule has 0 bridgehead atoms. The molecule has 2 aromatic rings. The highest BCUT2D eigenvalue weighted by atomic mass is 19.1. The van der Waals surface area contributed by atoms with Gasteiger partial charge in [-0.05, 0) is 42.7 Å². The Morgan fingerprint density at radius 1 is 1.44 bits per heavy atom. The topological polar surface area (TPSA) is 55.9 Å². The zero-order valence-corrected chi connectivity index (χ0v) is 10.5. The largest absolute Gasteiger partial charge is 0.271 e. The van der Waals surface area contributed by atoms with Crippen LogP contribution < -0.4 is 11.3 Å². The fourth-order valence-electron chi connectivity index (χ4n) is 2.05. The minimum atomic E-state index is -0.226. The quantitative estimate of drug-likeness (QED) is 0.638. The molecule has 0 saturated carbocycles. The van der Waals surface area contributed by atoms with Gasteiger partial charge in [0, 0.05) is 13.2 Å². The lowest BCUT2D eigenvalue weighted by molar-refractivity contribution is 0.506. The monoisotopic (exact) mass is 248 g/mol. The average Bonchev–Trinajstić information content (AvgIpc) is 2.77. The molecule has 0 aliphatic heterocycles. The summed E-state index contributed by atoms with van der Waals surface area (Å²) in [4.78, 5) is 0. The van der Waals surface area contributed by atoms with Gasteiger partial charge in [0.15, 0.2) is 0 Å². The molecule has 1 heterocycles. The van der Waals surface area contributed by atoms with Crippen molar-refractivity contribution in [1.29, 1.82) is 0 Å². The highest BCUT2D eigenvalue weighted by molar-refractivity contribution is 5.28. The zero-order chi connectivity index (χ0) is 13.1. The van der Waals surface area contributed by atoms with Crippen LogP contribution in [0.1, 0.15) is 22.9 Å². The molecule has 1 aromatic carbocycles. The third kappa shape index (κ3) is 2.57. The van der Waals surface area contributed by atoms with Crippen LogP contribution in [0.25, 0.3) is 0 Å². The van der Waals surface area contributed by atoms with E-state index in [4.69, 9.17) is 5.84 Å². The lowest BCUT2D eigenvalue weighted by atomic mass is 9.99. The fraction of sp³-hybridized carbons (Fsp3) is 0.308. The van der Waals surface area contributed by atoms with Gasteiger partial charge < -0.3 is 0 Å². The molecule has 0 amide bonds. The number of aryl methyl sites for hydroxylation is 2.